The first-order chi connectivity index (χ1) is 13.2. The van der Waals surface area contributed by atoms with Crippen molar-refractivity contribution in [3.63, 3.8) is 0 Å². The molecule has 9 heteroatoms. The highest BCUT2D eigenvalue weighted by Gasteiger charge is 2.20. The fourth-order valence-corrected chi connectivity index (χ4v) is 3.39. The number of halogens is 1. The average Bonchev–Trinajstić information content (AvgIpc) is 2.98. The molecule has 0 fully saturated rings. The number of carbonyl (C=O) groups excluding carboxylic acids is 2. The maximum Gasteiger partial charge on any atom is 0.375 e. The number of furan rings is 1. The van der Waals surface area contributed by atoms with Crippen LogP contribution >= 0.6 is 11.6 Å². The molecule has 0 radical (unpaired) electrons. The smallest absolute Gasteiger partial charge is 0.375 e. The van der Waals surface area contributed by atoms with Gasteiger partial charge in [0.1, 0.15) is 5.58 Å². The molecule has 0 spiro atoms. The number of hydrogen-bond donors (Lipinski definition) is 1. The molecule has 0 aliphatic rings. The average molecular weight is 422 g/mol. The Morgan fingerprint density at radius 3 is 2.57 bits per heavy atom. The molecule has 0 aliphatic carbocycles. The van der Waals surface area contributed by atoms with Crippen molar-refractivity contribution in [2.75, 3.05) is 18.2 Å². The van der Waals surface area contributed by atoms with E-state index in [2.05, 4.69) is 5.32 Å². The molecule has 1 heterocycles. The third-order valence-electron chi connectivity index (χ3n) is 4.00. The molecule has 0 bridgehead atoms. The van der Waals surface area contributed by atoms with Gasteiger partial charge in [-0.15, -0.1) is 0 Å². The van der Waals surface area contributed by atoms with Crippen molar-refractivity contribution in [3.8, 4) is 0 Å². The molecule has 3 aromatic rings. The zero-order valence-corrected chi connectivity index (χ0v) is 16.6. The molecule has 3 rings (SSSR count). The highest BCUT2D eigenvalue weighted by atomic mass is 35.5. The third kappa shape index (κ3) is 4.18. The molecule has 1 N–H and O–H groups in total. The minimum absolute atomic E-state index is 0.00194. The van der Waals surface area contributed by atoms with E-state index in [1.807, 2.05) is 12.1 Å². The molecular formula is C19H16ClNO6S. The van der Waals surface area contributed by atoms with Crippen molar-refractivity contribution in [2.45, 2.75) is 11.8 Å². The van der Waals surface area contributed by atoms with E-state index >= 15 is 0 Å². The van der Waals surface area contributed by atoms with E-state index in [-0.39, 0.29) is 21.4 Å². The standard InChI is InChI=1S/C19H16ClNO6S/c1-11-13-5-3-4-6-16(13)27-18(11)19(23)26-10-17(22)21-15-9-12(28(2,24)25)7-8-14(15)20/h3-9H,10H2,1-2H3,(H,21,22). The first-order valence-electron chi connectivity index (χ1n) is 8.11. The van der Waals surface area contributed by atoms with E-state index in [9.17, 15) is 18.0 Å². The van der Waals surface area contributed by atoms with Gasteiger partial charge >= 0.3 is 5.97 Å². The predicted octanol–water partition coefficient (Wildman–Crippen LogP) is 3.59. The Labute approximate surface area is 166 Å². The summed E-state index contributed by atoms with van der Waals surface area (Å²) in [5.74, 6) is -1.43. The van der Waals surface area contributed by atoms with E-state index in [1.165, 1.54) is 18.2 Å². The van der Waals surface area contributed by atoms with Crippen LogP contribution in [0.4, 0.5) is 5.69 Å². The lowest BCUT2D eigenvalue weighted by Gasteiger charge is -2.09. The van der Waals surface area contributed by atoms with Gasteiger partial charge in [0.2, 0.25) is 5.76 Å². The second-order valence-electron chi connectivity index (χ2n) is 6.09. The van der Waals surface area contributed by atoms with Gasteiger partial charge in [0.05, 0.1) is 15.6 Å². The van der Waals surface area contributed by atoms with Crippen molar-refractivity contribution in [2.24, 2.45) is 0 Å². The maximum atomic E-state index is 12.2. The number of ether oxygens (including phenoxy) is 1. The Balaban J connectivity index is 1.69. The number of para-hydroxylation sites is 1. The molecule has 0 atom stereocenters. The molecule has 0 saturated heterocycles. The summed E-state index contributed by atoms with van der Waals surface area (Å²) in [6.07, 6.45) is 1.04. The van der Waals surface area contributed by atoms with Crippen LogP contribution in [0.1, 0.15) is 16.1 Å². The molecule has 146 valence electrons. The Bertz CT molecular complexity index is 1180. The van der Waals surface area contributed by atoms with Crippen molar-refractivity contribution in [1.82, 2.24) is 0 Å². The van der Waals surface area contributed by atoms with Gasteiger partial charge in [-0.05, 0) is 31.2 Å². The molecule has 0 aliphatic heterocycles. The summed E-state index contributed by atoms with van der Waals surface area (Å²) in [6, 6.07) is 11.1. The number of esters is 1. The monoisotopic (exact) mass is 421 g/mol. The molecular weight excluding hydrogens is 406 g/mol. The SMILES string of the molecule is Cc1c(C(=O)OCC(=O)Nc2cc(S(C)(=O)=O)ccc2Cl)oc2ccccc12. The van der Waals surface area contributed by atoms with Crippen molar-refractivity contribution in [1.29, 1.82) is 0 Å². The van der Waals surface area contributed by atoms with Crippen LogP contribution in [0, 0.1) is 6.92 Å². The summed E-state index contributed by atoms with van der Waals surface area (Å²) in [5, 5.41) is 3.36. The van der Waals surface area contributed by atoms with E-state index in [4.69, 9.17) is 20.8 Å². The second kappa shape index (κ2) is 7.65. The zero-order chi connectivity index (χ0) is 20.5. The van der Waals surface area contributed by atoms with E-state index < -0.39 is 28.3 Å². The number of anilines is 1. The lowest BCUT2D eigenvalue weighted by Crippen LogP contribution is -2.21. The van der Waals surface area contributed by atoms with Crippen LogP contribution < -0.4 is 5.32 Å². The first-order valence-corrected chi connectivity index (χ1v) is 10.4. The normalized spacial score (nSPS) is 11.4. The molecule has 28 heavy (non-hydrogen) atoms. The lowest BCUT2D eigenvalue weighted by molar-refractivity contribution is -0.119. The highest BCUT2D eigenvalue weighted by Crippen LogP contribution is 2.26. The van der Waals surface area contributed by atoms with Crippen molar-refractivity contribution >= 4 is 50.0 Å². The number of aryl methyl sites for hydroxylation is 1. The summed E-state index contributed by atoms with van der Waals surface area (Å²) < 4.78 is 33.7. The van der Waals surface area contributed by atoms with E-state index in [1.54, 1.807) is 19.1 Å². The van der Waals surface area contributed by atoms with Gasteiger partial charge in [0.15, 0.2) is 16.4 Å². The topological polar surface area (TPSA) is 103 Å². The quantitative estimate of drug-likeness (QED) is 0.631. The molecule has 1 aromatic heterocycles. The molecule has 7 nitrogen and oxygen atoms in total. The van der Waals surface area contributed by atoms with Crippen LogP contribution in [0.3, 0.4) is 0 Å². The molecule has 2 aromatic carbocycles. The van der Waals surface area contributed by atoms with Crippen LogP contribution in [0.2, 0.25) is 5.02 Å². The van der Waals surface area contributed by atoms with Gasteiger partial charge in [-0.2, -0.15) is 0 Å². The summed E-state index contributed by atoms with van der Waals surface area (Å²) in [4.78, 5) is 24.3. The fraction of sp³-hybridized carbons (Fsp3) is 0.158. The number of rotatable bonds is 5. The van der Waals surface area contributed by atoms with E-state index in [0.29, 0.717) is 11.1 Å². The molecule has 1 amide bonds. The minimum Gasteiger partial charge on any atom is -0.450 e. The van der Waals surface area contributed by atoms with Crippen LogP contribution in [-0.4, -0.2) is 33.2 Å². The van der Waals surface area contributed by atoms with Gasteiger partial charge in [0, 0.05) is 17.2 Å². The van der Waals surface area contributed by atoms with Gasteiger partial charge in [-0.1, -0.05) is 29.8 Å². The summed E-state index contributed by atoms with van der Waals surface area (Å²) >= 11 is 5.98. The zero-order valence-electron chi connectivity index (χ0n) is 15.0. The summed E-state index contributed by atoms with van der Waals surface area (Å²) in [5.41, 5.74) is 1.26. The number of carbonyl (C=O) groups is 2. The van der Waals surface area contributed by atoms with Gasteiger partial charge in [0.25, 0.3) is 5.91 Å². The van der Waals surface area contributed by atoms with Crippen molar-refractivity contribution < 1.29 is 27.2 Å². The third-order valence-corrected chi connectivity index (χ3v) is 5.44. The van der Waals surface area contributed by atoms with Crippen LogP contribution in [0.5, 0.6) is 0 Å². The number of fused-ring (bicyclic) bond motifs is 1. The highest BCUT2D eigenvalue weighted by molar-refractivity contribution is 7.90. The van der Waals surface area contributed by atoms with Gasteiger partial charge < -0.3 is 14.5 Å². The largest absolute Gasteiger partial charge is 0.450 e. The Kier molecular flexibility index (Phi) is 5.44. The Morgan fingerprint density at radius 1 is 1.18 bits per heavy atom. The minimum atomic E-state index is -3.46. The van der Waals surface area contributed by atoms with Gasteiger partial charge in [-0.3, -0.25) is 4.79 Å². The number of sulfone groups is 1. The lowest BCUT2D eigenvalue weighted by atomic mass is 10.1. The summed E-state index contributed by atoms with van der Waals surface area (Å²) in [7, 11) is -3.46. The van der Waals surface area contributed by atoms with E-state index in [0.717, 1.165) is 11.6 Å². The Hall–Kier alpha value is -2.84. The Morgan fingerprint density at radius 2 is 1.89 bits per heavy atom. The first kappa shape index (κ1) is 19.9. The molecule has 0 unspecified atom stereocenters. The van der Waals surface area contributed by atoms with Crippen LogP contribution in [0.15, 0.2) is 51.8 Å². The maximum absolute atomic E-state index is 12.2. The number of benzene rings is 2. The predicted molar refractivity (Wildman–Crippen MR) is 104 cm³/mol. The number of amides is 1. The molecule has 0 saturated carbocycles. The van der Waals surface area contributed by atoms with Crippen LogP contribution in [-0.2, 0) is 19.4 Å². The number of hydrogen-bond acceptors (Lipinski definition) is 6. The summed E-state index contributed by atoms with van der Waals surface area (Å²) in [6.45, 7) is 1.13. The fourth-order valence-electron chi connectivity index (χ4n) is 2.58. The second-order valence-corrected chi connectivity index (χ2v) is 8.51. The van der Waals surface area contributed by atoms with Gasteiger partial charge in [-0.25, -0.2) is 13.2 Å². The van der Waals surface area contributed by atoms with Crippen LogP contribution in [0.25, 0.3) is 11.0 Å². The number of nitrogens with one attached hydrogen (secondary N) is 1. The van der Waals surface area contributed by atoms with Crippen molar-refractivity contribution in [3.05, 3.63) is 58.8 Å².